The summed E-state index contributed by atoms with van der Waals surface area (Å²) >= 11 is 0. The van der Waals surface area contributed by atoms with E-state index in [9.17, 15) is 9.59 Å². The Hall–Kier alpha value is -3.28. The first-order valence-electron chi connectivity index (χ1n) is 9.45. The summed E-state index contributed by atoms with van der Waals surface area (Å²) in [6.45, 7) is 5.90. The normalized spacial score (nSPS) is 11.9. The number of methoxy groups -OCH3 is 1. The molecule has 1 aromatic heterocycles. The van der Waals surface area contributed by atoms with Crippen LogP contribution in [-0.4, -0.2) is 25.1 Å². The maximum Gasteiger partial charge on any atom is 0.311 e. The number of rotatable bonds is 7. The Labute approximate surface area is 169 Å². The molecule has 0 saturated heterocycles. The van der Waals surface area contributed by atoms with Crippen LogP contribution in [0.2, 0.25) is 0 Å². The third-order valence-corrected chi connectivity index (χ3v) is 4.98. The number of carbonyl (C=O) groups is 2. The summed E-state index contributed by atoms with van der Waals surface area (Å²) < 4.78 is 16.0. The number of nitrogens with one attached hydrogen (secondary N) is 1. The average Bonchev–Trinajstić information content (AvgIpc) is 3.12. The zero-order valence-corrected chi connectivity index (χ0v) is 17.1. The summed E-state index contributed by atoms with van der Waals surface area (Å²) in [5.41, 5.74) is 4.63. The minimum Gasteiger partial charge on any atom is -0.497 e. The van der Waals surface area contributed by atoms with Crippen LogP contribution in [0.15, 0.2) is 47.1 Å². The van der Waals surface area contributed by atoms with Crippen LogP contribution in [-0.2, 0) is 27.3 Å². The number of benzene rings is 2. The van der Waals surface area contributed by atoms with E-state index < -0.39 is 12.1 Å². The van der Waals surface area contributed by atoms with Gasteiger partial charge in [-0.2, -0.15) is 0 Å². The molecule has 6 nitrogen and oxygen atoms in total. The minimum absolute atomic E-state index is 0.0472. The maximum atomic E-state index is 12.3. The summed E-state index contributed by atoms with van der Waals surface area (Å²) in [4.78, 5) is 24.5. The quantitative estimate of drug-likeness (QED) is 0.615. The molecule has 0 aliphatic rings. The SMILES string of the molecule is COc1ccc(CNC(=O)[C@@H](C)OC(=O)Cc2coc3c(C)c(C)ccc23)cc1. The predicted molar refractivity (Wildman–Crippen MR) is 110 cm³/mol. The van der Waals surface area contributed by atoms with Crippen molar-refractivity contribution in [3.63, 3.8) is 0 Å². The van der Waals surface area contributed by atoms with Crippen molar-refractivity contribution in [1.29, 1.82) is 0 Å². The van der Waals surface area contributed by atoms with E-state index in [0.29, 0.717) is 6.54 Å². The van der Waals surface area contributed by atoms with Crippen LogP contribution in [0.4, 0.5) is 0 Å². The zero-order chi connectivity index (χ0) is 21.0. The molecule has 29 heavy (non-hydrogen) atoms. The van der Waals surface area contributed by atoms with Gasteiger partial charge in [0.2, 0.25) is 0 Å². The van der Waals surface area contributed by atoms with Crippen LogP contribution in [0, 0.1) is 13.8 Å². The van der Waals surface area contributed by atoms with Gasteiger partial charge in [0, 0.05) is 17.5 Å². The number of fused-ring (bicyclic) bond motifs is 1. The minimum atomic E-state index is -0.886. The fourth-order valence-electron chi connectivity index (χ4n) is 3.05. The fourth-order valence-corrected chi connectivity index (χ4v) is 3.05. The van der Waals surface area contributed by atoms with Crippen molar-refractivity contribution in [2.75, 3.05) is 7.11 Å². The van der Waals surface area contributed by atoms with Crippen LogP contribution >= 0.6 is 0 Å². The summed E-state index contributed by atoms with van der Waals surface area (Å²) in [5.74, 6) is -0.0739. The molecule has 0 unspecified atom stereocenters. The summed E-state index contributed by atoms with van der Waals surface area (Å²) in [6.07, 6.45) is 0.737. The number of esters is 1. The predicted octanol–water partition coefficient (Wildman–Crippen LogP) is 3.85. The molecule has 0 bridgehead atoms. The lowest BCUT2D eigenvalue weighted by Gasteiger charge is -2.13. The van der Waals surface area contributed by atoms with Gasteiger partial charge in [-0.1, -0.05) is 24.3 Å². The Bertz CT molecular complexity index is 1020. The van der Waals surface area contributed by atoms with Gasteiger partial charge in [0.15, 0.2) is 6.10 Å². The molecular weight excluding hydrogens is 370 g/mol. The van der Waals surface area contributed by atoms with Gasteiger partial charge in [-0.3, -0.25) is 9.59 Å². The number of aryl methyl sites for hydroxylation is 2. The number of hydrogen-bond donors (Lipinski definition) is 1. The van der Waals surface area contributed by atoms with Gasteiger partial charge in [0.05, 0.1) is 19.8 Å². The van der Waals surface area contributed by atoms with Crippen molar-refractivity contribution in [2.45, 2.75) is 39.8 Å². The lowest BCUT2D eigenvalue weighted by Crippen LogP contribution is -2.35. The highest BCUT2D eigenvalue weighted by Crippen LogP contribution is 2.27. The molecule has 0 saturated carbocycles. The number of amides is 1. The second-order valence-corrected chi connectivity index (χ2v) is 7.02. The first-order chi connectivity index (χ1) is 13.9. The molecule has 0 aliphatic heterocycles. The molecule has 1 amide bonds. The number of hydrogen-bond acceptors (Lipinski definition) is 5. The Morgan fingerprint density at radius 2 is 1.83 bits per heavy atom. The topological polar surface area (TPSA) is 77.8 Å². The molecule has 3 rings (SSSR count). The van der Waals surface area contributed by atoms with E-state index >= 15 is 0 Å². The highest BCUT2D eigenvalue weighted by atomic mass is 16.5. The average molecular weight is 395 g/mol. The lowest BCUT2D eigenvalue weighted by atomic mass is 10.0. The summed E-state index contributed by atoms with van der Waals surface area (Å²) in [5, 5.41) is 3.66. The van der Waals surface area contributed by atoms with Crippen molar-refractivity contribution in [1.82, 2.24) is 5.32 Å². The van der Waals surface area contributed by atoms with E-state index in [1.54, 1.807) is 20.3 Å². The Kier molecular flexibility index (Phi) is 6.22. The van der Waals surface area contributed by atoms with E-state index in [1.165, 1.54) is 0 Å². The highest BCUT2D eigenvalue weighted by molar-refractivity contribution is 5.89. The lowest BCUT2D eigenvalue weighted by molar-refractivity contribution is -0.154. The van der Waals surface area contributed by atoms with Gasteiger partial charge in [-0.25, -0.2) is 0 Å². The van der Waals surface area contributed by atoms with Crippen molar-refractivity contribution in [3.05, 3.63) is 64.9 Å². The molecule has 1 atom stereocenters. The van der Waals surface area contributed by atoms with E-state index in [-0.39, 0.29) is 12.3 Å². The van der Waals surface area contributed by atoms with Crippen LogP contribution in [0.25, 0.3) is 11.0 Å². The third kappa shape index (κ3) is 4.77. The monoisotopic (exact) mass is 395 g/mol. The van der Waals surface area contributed by atoms with E-state index in [1.807, 2.05) is 50.2 Å². The standard InChI is InChI=1S/C23H25NO5/c1-14-5-10-20-18(13-28-22(20)15(14)2)11-21(25)29-16(3)23(26)24-12-17-6-8-19(27-4)9-7-17/h5-10,13,16H,11-12H2,1-4H3,(H,24,26)/t16-/m1/s1. The molecule has 0 radical (unpaired) electrons. The molecule has 6 heteroatoms. The van der Waals surface area contributed by atoms with Crippen molar-refractivity contribution in [3.8, 4) is 5.75 Å². The first-order valence-corrected chi connectivity index (χ1v) is 9.45. The number of ether oxygens (including phenoxy) is 2. The second-order valence-electron chi connectivity index (χ2n) is 7.02. The van der Waals surface area contributed by atoms with Gasteiger partial charge in [0.1, 0.15) is 11.3 Å². The molecular formula is C23H25NO5. The van der Waals surface area contributed by atoms with E-state index in [2.05, 4.69) is 5.32 Å². The number of carbonyl (C=O) groups excluding carboxylic acids is 2. The van der Waals surface area contributed by atoms with Gasteiger partial charge in [-0.15, -0.1) is 0 Å². The smallest absolute Gasteiger partial charge is 0.311 e. The highest BCUT2D eigenvalue weighted by Gasteiger charge is 2.19. The molecule has 0 fully saturated rings. The van der Waals surface area contributed by atoms with Crippen molar-refractivity contribution < 1.29 is 23.5 Å². The molecule has 2 aromatic carbocycles. The number of furan rings is 1. The molecule has 152 valence electrons. The third-order valence-electron chi connectivity index (χ3n) is 4.98. The largest absolute Gasteiger partial charge is 0.497 e. The van der Waals surface area contributed by atoms with Crippen molar-refractivity contribution >= 4 is 22.8 Å². The molecule has 1 N–H and O–H groups in total. The maximum absolute atomic E-state index is 12.3. The fraction of sp³-hybridized carbons (Fsp3) is 0.304. The van der Waals surface area contributed by atoms with Crippen LogP contribution in [0.3, 0.4) is 0 Å². The van der Waals surface area contributed by atoms with Crippen LogP contribution in [0.1, 0.15) is 29.2 Å². The summed E-state index contributed by atoms with van der Waals surface area (Å²) in [7, 11) is 1.60. The Morgan fingerprint density at radius 3 is 2.52 bits per heavy atom. The first kappa shape index (κ1) is 20.5. The van der Waals surface area contributed by atoms with E-state index in [4.69, 9.17) is 13.9 Å². The van der Waals surface area contributed by atoms with Crippen molar-refractivity contribution in [2.24, 2.45) is 0 Å². The van der Waals surface area contributed by atoms with Gasteiger partial charge in [0.25, 0.3) is 5.91 Å². The second kappa shape index (κ2) is 8.82. The van der Waals surface area contributed by atoms with Gasteiger partial charge < -0.3 is 19.2 Å². The molecule has 1 heterocycles. The summed E-state index contributed by atoms with van der Waals surface area (Å²) in [6, 6.07) is 11.3. The van der Waals surface area contributed by atoms with Gasteiger partial charge in [-0.05, 0) is 49.6 Å². The molecule has 3 aromatic rings. The Morgan fingerprint density at radius 1 is 1.10 bits per heavy atom. The molecule has 0 spiro atoms. The van der Waals surface area contributed by atoms with E-state index in [0.717, 1.165) is 39.0 Å². The zero-order valence-electron chi connectivity index (χ0n) is 17.1. The Balaban J connectivity index is 1.54. The molecule has 0 aliphatic carbocycles. The van der Waals surface area contributed by atoms with Crippen LogP contribution in [0.5, 0.6) is 5.75 Å². The van der Waals surface area contributed by atoms with Gasteiger partial charge >= 0.3 is 5.97 Å². The van der Waals surface area contributed by atoms with Crippen LogP contribution < -0.4 is 10.1 Å².